The number of hydrogen-bond acceptors (Lipinski definition) is 2. The first kappa shape index (κ1) is 13.6. The van der Waals surface area contributed by atoms with Gasteiger partial charge in [0, 0.05) is 10.9 Å². The highest BCUT2D eigenvalue weighted by atomic mass is 79.9. The zero-order valence-electron chi connectivity index (χ0n) is 11.0. The molecule has 2 aromatic rings. The molecule has 0 aliphatic carbocycles. The fraction of sp³-hybridized carbons (Fsp3) is 0.250. The summed E-state index contributed by atoms with van der Waals surface area (Å²) in [5.74, 6) is 0.398. The van der Waals surface area contributed by atoms with Crippen molar-refractivity contribution in [3.8, 4) is 16.9 Å². The summed E-state index contributed by atoms with van der Waals surface area (Å²) in [6, 6.07) is 12.6. The fourth-order valence-corrected chi connectivity index (χ4v) is 2.75. The number of rotatable bonds is 4. The van der Waals surface area contributed by atoms with Gasteiger partial charge in [-0.25, -0.2) is 4.39 Å². The quantitative estimate of drug-likeness (QED) is 0.612. The zero-order valence-corrected chi connectivity index (χ0v) is 12.6. The van der Waals surface area contributed by atoms with Gasteiger partial charge in [-0.05, 0) is 29.3 Å². The van der Waals surface area contributed by atoms with Crippen molar-refractivity contribution in [1.29, 1.82) is 0 Å². The van der Waals surface area contributed by atoms with Gasteiger partial charge in [0.25, 0.3) is 0 Å². The van der Waals surface area contributed by atoms with E-state index in [1.54, 1.807) is 19.2 Å². The molecule has 104 valence electrons. The summed E-state index contributed by atoms with van der Waals surface area (Å²) in [5, 5.41) is 0.837. The van der Waals surface area contributed by atoms with E-state index in [0.717, 1.165) is 16.5 Å². The lowest BCUT2D eigenvalue weighted by atomic mass is 10.0. The summed E-state index contributed by atoms with van der Waals surface area (Å²) < 4.78 is 24.6. The number of ether oxygens (including phenoxy) is 2. The van der Waals surface area contributed by atoms with E-state index in [9.17, 15) is 4.39 Å². The summed E-state index contributed by atoms with van der Waals surface area (Å²) in [7, 11) is 1.57. The van der Waals surface area contributed by atoms with E-state index in [1.165, 1.54) is 6.07 Å². The molecule has 1 fully saturated rings. The monoisotopic (exact) mass is 336 g/mol. The molecule has 0 radical (unpaired) electrons. The Morgan fingerprint density at radius 1 is 1.20 bits per heavy atom. The largest absolute Gasteiger partial charge is 0.497 e. The molecule has 2 atom stereocenters. The van der Waals surface area contributed by atoms with Crippen LogP contribution in [0.25, 0.3) is 11.1 Å². The number of methoxy groups -OCH3 is 1. The normalized spacial score (nSPS) is 20.8. The summed E-state index contributed by atoms with van der Waals surface area (Å²) in [5.41, 5.74) is 2.51. The molecule has 2 nitrogen and oxygen atoms in total. The summed E-state index contributed by atoms with van der Waals surface area (Å²) in [4.78, 5) is 0. The minimum absolute atomic E-state index is 0.165. The SMILES string of the molecule is COc1ccc(F)c(-c2ccc(C3OC3CBr)cc2)c1. The van der Waals surface area contributed by atoms with Gasteiger partial charge < -0.3 is 9.47 Å². The Morgan fingerprint density at radius 2 is 1.95 bits per heavy atom. The molecule has 0 bridgehead atoms. The van der Waals surface area contributed by atoms with Crippen LogP contribution in [0.5, 0.6) is 5.75 Å². The van der Waals surface area contributed by atoms with Crippen molar-refractivity contribution >= 4 is 15.9 Å². The van der Waals surface area contributed by atoms with Crippen molar-refractivity contribution in [1.82, 2.24) is 0 Å². The molecule has 0 N–H and O–H groups in total. The minimum atomic E-state index is -0.250. The van der Waals surface area contributed by atoms with E-state index in [-0.39, 0.29) is 18.0 Å². The third-order valence-electron chi connectivity index (χ3n) is 3.46. The third-order valence-corrected chi connectivity index (χ3v) is 4.10. The number of hydrogen-bond donors (Lipinski definition) is 0. The second kappa shape index (κ2) is 5.54. The Bertz CT molecular complexity index is 612. The molecule has 2 aromatic carbocycles. The predicted octanol–water partition coefficient (Wildman–Crippen LogP) is 4.34. The molecule has 2 unspecified atom stereocenters. The first-order valence-electron chi connectivity index (χ1n) is 6.38. The highest BCUT2D eigenvalue weighted by Gasteiger charge is 2.38. The average Bonchev–Trinajstić information content (AvgIpc) is 3.28. The molecule has 0 spiro atoms. The number of alkyl halides is 1. The van der Waals surface area contributed by atoms with Crippen LogP contribution in [0.4, 0.5) is 4.39 Å². The summed E-state index contributed by atoms with van der Waals surface area (Å²) in [6.45, 7) is 0. The van der Waals surface area contributed by atoms with Crippen LogP contribution in [-0.4, -0.2) is 18.5 Å². The second-order valence-electron chi connectivity index (χ2n) is 4.72. The van der Waals surface area contributed by atoms with Crippen LogP contribution in [0.1, 0.15) is 11.7 Å². The van der Waals surface area contributed by atoms with Gasteiger partial charge in [0.2, 0.25) is 0 Å². The number of epoxide rings is 1. The molecule has 0 amide bonds. The van der Waals surface area contributed by atoms with E-state index in [1.807, 2.05) is 24.3 Å². The lowest BCUT2D eigenvalue weighted by molar-refractivity contribution is 0.385. The summed E-state index contributed by atoms with van der Waals surface area (Å²) >= 11 is 3.40. The van der Waals surface area contributed by atoms with Gasteiger partial charge in [-0.2, -0.15) is 0 Å². The smallest absolute Gasteiger partial charge is 0.131 e. The first-order chi connectivity index (χ1) is 9.72. The Balaban J connectivity index is 1.88. The predicted molar refractivity (Wildman–Crippen MR) is 79.8 cm³/mol. The van der Waals surface area contributed by atoms with E-state index < -0.39 is 0 Å². The lowest BCUT2D eigenvalue weighted by Crippen LogP contribution is -1.91. The van der Waals surface area contributed by atoms with E-state index in [4.69, 9.17) is 9.47 Å². The molecule has 1 saturated heterocycles. The van der Waals surface area contributed by atoms with Gasteiger partial charge in [-0.15, -0.1) is 0 Å². The molecular weight excluding hydrogens is 323 g/mol. The van der Waals surface area contributed by atoms with Crippen LogP contribution in [0, 0.1) is 5.82 Å². The van der Waals surface area contributed by atoms with Gasteiger partial charge in [-0.3, -0.25) is 0 Å². The molecule has 20 heavy (non-hydrogen) atoms. The van der Waals surface area contributed by atoms with Gasteiger partial charge in [0.1, 0.15) is 17.7 Å². The Labute approximate surface area is 125 Å². The lowest BCUT2D eigenvalue weighted by Gasteiger charge is -2.07. The van der Waals surface area contributed by atoms with Crippen LogP contribution in [0.15, 0.2) is 42.5 Å². The Morgan fingerprint density at radius 3 is 2.55 bits per heavy atom. The Hall–Kier alpha value is -1.39. The maximum Gasteiger partial charge on any atom is 0.131 e. The van der Waals surface area contributed by atoms with Gasteiger partial charge in [-0.1, -0.05) is 40.2 Å². The highest BCUT2D eigenvalue weighted by molar-refractivity contribution is 9.09. The van der Waals surface area contributed by atoms with Gasteiger partial charge in [0.15, 0.2) is 0 Å². The van der Waals surface area contributed by atoms with Crippen LogP contribution in [-0.2, 0) is 4.74 Å². The molecule has 0 saturated carbocycles. The molecule has 4 heteroatoms. The van der Waals surface area contributed by atoms with Gasteiger partial charge >= 0.3 is 0 Å². The van der Waals surface area contributed by atoms with E-state index in [0.29, 0.717) is 11.3 Å². The number of benzene rings is 2. The molecule has 1 aliphatic rings. The van der Waals surface area contributed by atoms with Crippen molar-refractivity contribution in [2.24, 2.45) is 0 Å². The van der Waals surface area contributed by atoms with Crippen LogP contribution < -0.4 is 4.74 Å². The summed E-state index contributed by atoms with van der Waals surface area (Å²) in [6.07, 6.45) is 0.424. The van der Waals surface area contributed by atoms with Crippen molar-refractivity contribution in [2.75, 3.05) is 12.4 Å². The van der Waals surface area contributed by atoms with Crippen molar-refractivity contribution in [3.63, 3.8) is 0 Å². The van der Waals surface area contributed by atoms with E-state index in [2.05, 4.69) is 15.9 Å². The van der Waals surface area contributed by atoms with Crippen LogP contribution in [0.2, 0.25) is 0 Å². The minimum Gasteiger partial charge on any atom is -0.497 e. The maximum atomic E-state index is 13.9. The first-order valence-corrected chi connectivity index (χ1v) is 7.50. The van der Waals surface area contributed by atoms with Crippen LogP contribution >= 0.6 is 15.9 Å². The second-order valence-corrected chi connectivity index (χ2v) is 5.36. The van der Waals surface area contributed by atoms with Crippen molar-refractivity contribution in [2.45, 2.75) is 12.2 Å². The molecule has 3 rings (SSSR count). The van der Waals surface area contributed by atoms with Crippen molar-refractivity contribution < 1.29 is 13.9 Å². The van der Waals surface area contributed by atoms with Crippen LogP contribution in [0.3, 0.4) is 0 Å². The molecular formula is C16H14BrFO2. The fourth-order valence-electron chi connectivity index (χ4n) is 2.26. The zero-order chi connectivity index (χ0) is 14.1. The number of halogens is 2. The topological polar surface area (TPSA) is 21.8 Å². The van der Waals surface area contributed by atoms with Gasteiger partial charge in [0.05, 0.1) is 13.2 Å². The maximum absolute atomic E-state index is 13.9. The van der Waals surface area contributed by atoms with Crippen molar-refractivity contribution in [3.05, 3.63) is 53.8 Å². The standard InChI is InChI=1S/C16H14BrFO2/c1-19-12-6-7-14(18)13(8-12)10-2-4-11(5-3-10)16-15(9-17)20-16/h2-8,15-16H,9H2,1H3. The van der Waals surface area contributed by atoms with E-state index >= 15 is 0 Å². The molecule has 1 heterocycles. The average molecular weight is 337 g/mol. The molecule has 0 aromatic heterocycles. The highest BCUT2D eigenvalue weighted by Crippen LogP contribution is 2.40. The molecule has 1 aliphatic heterocycles. The third kappa shape index (κ3) is 2.58. The Kier molecular flexibility index (Phi) is 3.76.